The van der Waals surface area contributed by atoms with Crippen LogP contribution in [0.25, 0.3) is 0 Å². The Hall–Kier alpha value is -1.30. The lowest BCUT2D eigenvalue weighted by atomic mass is 10.0. The molecule has 2 unspecified atom stereocenters. The minimum absolute atomic E-state index is 0.0229. The van der Waals surface area contributed by atoms with Crippen LogP contribution in [0.4, 0.5) is 4.79 Å². The molecule has 0 aromatic carbocycles. The first-order valence-electron chi connectivity index (χ1n) is 6.47. The van der Waals surface area contributed by atoms with E-state index >= 15 is 0 Å². The van der Waals surface area contributed by atoms with Crippen LogP contribution in [0, 0.1) is 5.92 Å². The van der Waals surface area contributed by atoms with Gasteiger partial charge in [0.1, 0.15) is 6.04 Å². The Kier molecular flexibility index (Phi) is 4.06. The fraction of sp³-hybridized carbons (Fsp3) is 0.833. The molecule has 0 aliphatic carbocycles. The van der Waals surface area contributed by atoms with Crippen molar-refractivity contribution >= 4 is 12.0 Å². The molecular formula is C12H20N2O4. The smallest absolute Gasteiger partial charge is 0.326 e. The second-order valence-corrected chi connectivity index (χ2v) is 4.98. The van der Waals surface area contributed by atoms with Gasteiger partial charge in [-0.15, -0.1) is 0 Å². The number of carboxylic acids is 1. The number of rotatable bonds is 1. The van der Waals surface area contributed by atoms with Crippen LogP contribution in [0.15, 0.2) is 0 Å². The van der Waals surface area contributed by atoms with E-state index in [1.807, 2.05) is 6.92 Å². The van der Waals surface area contributed by atoms with Gasteiger partial charge in [0, 0.05) is 26.2 Å². The summed E-state index contributed by atoms with van der Waals surface area (Å²) in [6, 6.07) is -0.834. The summed E-state index contributed by atoms with van der Waals surface area (Å²) in [5, 5.41) is 9.22. The van der Waals surface area contributed by atoms with E-state index in [0.29, 0.717) is 32.8 Å². The van der Waals surface area contributed by atoms with Crippen molar-refractivity contribution in [1.29, 1.82) is 0 Å². The van der Waals surface area contributed by atoms with E-state index in [1.165, 1.54) is 4.90 Å². The summed E-state index contributed by atoms with van der Waals surface area (Å²) in [6.07, 6.45) is 1.57. The van der Waals surface area contributed by atoms with Gasteiger partial charge in [-0.3, -0.25) is 0 Å². The molecule has 0 aromatic rings. The number of carboxylic acid groups (broad SMARTS) is 1. The molecule has 2 amide bonds. The molecular weight excluding hydrogens is 236 g/mol. The van der Waals surface area contributed by atoms with Crippen molar-refractivity contribution in [2.45, 2.75) is 25.8 Å². The van der Waals surface area contributed by atoms with E-state index in [9.17, 15) is 14.7 Å². The highest BCUT2D eigenvalue weighted by atomic mass is 16.5. The topological polar surface area (TPSA) is 70.1 Å². The number of ether oxygens (including phenoxy) is 1. The van der Waals surface area contributed by atoms with Crippen molar-refractivity contribution in [3.8, 4) is 0 Å². The average Bonchev–Trinajstić information content (AvgIpc) is 2.56. The van der Waals surface area contributed by atoms with Crippen molar-refractivity contribution in [3.63, 3.8) is 0 Å². The molecule has 18 heavy (non-hydrogen) atoms. The van der Waals surface area contributed by atoms with Gasteiger partial charge < -0.3 is 19.6 Å². The molecule has 2 fully saturated rings. The third-order valence-corrected chi connectivity index (χ3v) is 3.69. The SMILES string of the molecule is CC1CCN(C(=O)N2CCCOCC2)C1C(=O)O. The van der Waals surface area contributed by atoms with Gasteiger partial charge in [-0.2, -0.15) is 0 Å². The number of carbonyl (C=O) groups is 2. The summed E-state index contributed by atoms with van der Waals surface area (Å²) < 4.78 is 5.30. The molecule has 2 aliphatic rings. The maximum atomic E-state index is 12.3. The zero-order valence-electron chi connectivity index (χ0n) is 10.7. The molecule has 0 bridgehead atoms. The van der Waals surface area contributed by atoms with Crippen molar-refractivity contribution in [3.05, 3.63) is 0 Å². The molecule has 0 spiro atoms. The summed E-state index contributed by atoms with van der Waals surface area (Å²) in [4.78, 5) is 26.8. The standard InChI is InChI=1S/C12H20N2O4/c1-9-3-5-14(10(9)11(15)16)12(17)13-4-2-7-18-8-6-13/h9-10H,2-8H2,1H3,(H,15,16). The largest absolute Gasteiger partial charge is 0.480 e. The Morgan fingerprint density at radius 2 is 2.00 bits per heavy atom. The van der Waals surface area contributed by atoms with Crippen LogP contribution >= 0.6 is 0 Å². The minimum atomic E-state index is -0.903. The highest BCUT2D eigenvalue weighted by Gasteiger charge is 2.41. The first kappa shape index (κ1) is 13.1. The number of hydrogen-bond donors (Lipinski definition) is 1. The highest BCUT2D eigenvalue weighted by molar-refractivity contribution is 5.83. The number of urea groups is 1. The summed E-state index contributed by atoms with van der Waals surface area (Å²) in [7, 11) is 0. The molecule has 2 heterocycles. The van der Waals surface area contributed by atoms with Crippen LogP contribution in [-0.4, -0.2) is 65.8 Å². The highest BCUT2D eigenvalue weighted by Crippen LogP contribution is 2.25. The second kappa shape index (κ2) is 5.56. The lowest BCUT2D eigenvalue weighted by Gasteiger charge is -2.30. The minimum Gasteiger partial charge on any atom is -0.480 e. The van der Waals surface area contributed by atoms with Crippen LogP contribution in [0.5, 0.6) is 0 Å². The van der Waals surface area contributed by atoms with Crippen molar-refractivity contribution in [2.24, 2.45) is 5.92 Å². The number of likely N-dealkylation sites (tertiary alicyclic amines) is 1. The monoisotopic (exact) mass is 256 g/mol. The quantitative estimate of drug-likeness (QED) is 0.747. The molecule has 2 aliphatic heterocycles. The molecule has 0 radical (unpaired) electrons. The van der Waals surface area contributed by atoms with E-state index in [1.54, 1.807) is 4.90 Å². The van der Waals surface area contributed by atoms with Crippen LogP contribution in [0.1, 0.15) is 19.8 Å². The fourth-order valence-corrected chi connectivity index (χ4v) is 2.66. The van der Waals surface area contributed by atoms with Gasteiger partial charge in [-0.05, 0) is 18.8 Å². The van der Waals surface area contributed by atoms with Gasteiger partial charge in [-0.1, -0.05) is 6.92 Å². The Labute approximate surface area is 106 Å². The second-order valence-electron chi connectivity index (χ2n) is 4.98. The molecule has 1 N–H and O–H groups in total. The summed E-state index contributed by atoms with van der Waals surface area (Å²) in [5.41, 5.74) is 0. The lowest BCUT2D eigenvalue weighted by molar-refractivity contribution is -0.142. The Morgan fingerprint density at radius 1 is 1.22 bits per heavy atom. The van der Waals surface area contributed by atoms with Gasteiger partial charge in [0.2, 0.25) is 0 Å². The number of carbonyl (C=O) groups excluding carboxylic acids is 1. The molecule has 2 rings (SSSR count). The number of amides is 2. The molecule has 0 saturated carbocycles. The van der Waals surface area contributed by atoms with Crippen molar-refractivity contribution in [1.82, 2.24) is 9.80 Å². The first-order valence-corrected chi connectivity index (χ1v) is 6.47. The molecule has 2 saturated heterocycles. The third kappa shape index (κ3) is 2.58. The Morgan fingerprint density at radius 3 is 2.72 bits per heavy atom. The maximum Gasteiger partial charge on any atom is 0.326 e. The third-order valence-electron chi connectivity index (χ3n) is 3.69. The summed E-state index contributed by atoms with van der Waals surface area (Å²) >= 11 is 0. The maximum absolute atomic E-state index is 12.3. The van der Waals surface area contributed by atoms with E-state index in [-0.39, 0.29) is 11.9 Å². The summed E-state index contributed by atoms with van der Waals surface area (Å²) in [5.74, 6) is -0.880. The van der Waals surface area contributed by atoms with Gasteiger partial charge in [0.05, 0.1) is 6.61 Å². The van der Waals surface area contributed by atoms with Crippen LogP contribution in [0.3, 0.4) is 0 Å². The predicted octanol–water partition coefficient (Wildman–Crippen LogP) is 0.624. The fourth-order valence-electron chi connectivity index (χ4n) is 2.66. The zero-order valence-corrected chi connectivity index (χ0v) is 10.7. The zero-order chi connectivity index (χ0) is 13.1. The van der Waals surface area contributed by atoms with Gasteiger partial charge in [-0.25, -0.2) is 9.59 Å². The van der Waals surface area contributed by atoms with Gasteiger partial charge in [0.15, 0.2) is 0 Å². The van der Waals surface area contributed by atoms with E-state index in [4.69, 9.17) is 4.74 Å². The molecule has 6 nitrogen and oxygen atoms in total. The number of hydrogen-bond acceptors (Lipinski definition) is 3. The molecule has 102 valence electrons. The average molecular weight is 256 g/mol. The summed E-state index contributed by atoms with van der Waals surface area (Å²) in [6.45, 7) is 4.83. The number of aliphatic carboxylic acids is 1. The van der Waals surface area contributed by atoms with Crippen molar-refractivity contribution in [2.75, 3.05) is 32.8 Å². The van der Waals surface area contributed by atoms with Crippen LogP contribution in [0.2, 0.25) is 0 Å². The van der Waals surface area contributed by atoms with E-state index in [2.05, 4.69) is 0 Å². The normalized spacial score (nSPS) is 29.2. The van der Waals surface area contributed by atoms with E-state index in [0.717, 1.165) is 12.8 Å². The Bertz CT molecular complexity index is 326. The lowest BCUT2D eigenvalue weighted by Crippen LogP contribution is -2.49. The first-order chi connectivity index (χ1) is 8.61. The molecule has 0 aromatic heterocycles. The van der Waals surface area contributed by atoms with Crippen LogP contribution < -0.4 is 0 Å². The van der Waals surface area contributed by atoms with Gasteiger partial charge in [0.25, 0.3) is 0 Å². The molecule has 6 heteroatoms. The predicted molar refractivity (Wildman–Crippen MR) is 64.3 cm³/mol. The number of nitrogens with zero attached hydrogens (tertiary/aromatic N) is 2. The van der Waals surface area contributed by atoms with E-state index < -0.39 is 12.0 Å². The van der Waals surface area contributed by atoms with Crippen molar-refractivity contribution < 1.29 is 19.4 Å². The Balaban J connectivity index is 2.05. The molecule has 2 atom stereocenters. The van der Waals surface area contributed by atoms with Gasteiger partial charge >= 0.3 is 12.0 Å². The van der Waals surface area contributed by atoms with Crippen LogP contribution in [-0.2, 0) is 9.53 Å².